The lowest BCUT2D eigenvalue weighted by Gasteiger charge is -2.15. The van der Waals surface area contributed by atoms with E-state index in [1.165, 1.54) is 22.9 Å². The molecule has 0 aliphatic heterocycles. The summed E-state index contributed by atoms with van der Waals surface area (Å²) in [5.74, 6) is -0.146. The summed E-state index contributed by atoms with van der Waals surface area (Å²) < 4.78 is 15.8. The molecule has 0 aliphatic carbocycles. The molecule has 5 N–H and O–H groups in total. The summed E-state index contributed by atoms with van der Waals surface area (Å²) in [5.41, 5.74) is 11.1. The van der Waals surface area contributed by atoms with Crippen LogP contribution >= 0.6 is 23.2 Å². The SMILES string of the molecule is Nc1nc(N)c(Cl)c(NCCc2nc3c(F)ccc(Cl)c3c(=O)n2-c2cccnc2)n1. The summed E-state index contributed by atoms with van der Waals surface area (Å²) >= 11 is 12.3. The third-order valence-corrected chi connectivity index (χ3v) is 5.12. The van der Waals surface area contributed by atoms with Crippen molar-refractivity contribution in [2.75, 3.05) is 23.3 Å². The van der Waals surface area contributed by atoms with Crippen molar-refractivity contribution in [3.8, 4) is 5.69 Å². The van der Waals surface area contributed by atoms with Gasteiger partial charge >= 0.3 is 0 Å². The van der Waals surface area contributed by atoms with Crippen LogP contribution in [0.3, 0.4) is 0 Å². The topological polar surface area (TPSA) is 138 Å². The minimum absolute atomic E-state index is 0.0124. The molecule has 158 valence electrons. The quantitative estimate of drug-likeness (QED) is 0.413. The zero-order valence-corrected chi connectivity index (χ0v) is 17.3. The molecule has 0 saturated heterocycles. The van der Waals surface area contributed by atoms with Crippen molar-refractivity contribution in [3.63, 3.8) is 0 Å². The summed E-state index contributed by atoms with van der Waals surface area (Å²) in [6, 6.07) is 5.85. The molecular formula is C19H15Cl2FN8O. The van der Waals surface area contributed by atoms with Gasteiger partial charge in [0.2, 0.25) is 5.95 Å². The van der Waals surface area contributed by atoms with Crippen LogP contribution in [0.2, 0.25) is 10.0 Å². The molecule has 3 aromatic heterocycles. The van der Waals surface area contributed by atoms with Crippen LogP contribution in [-0.2, 0) is 6.42 Å². The van der Waals surface area contributed by atoms with Crippen LogP contribution < -0.4 is 22.3 Å². The molecule has 3 heterocycles. The fourth-order valence-electron chi connectivity index (χ4n) is 3.07. The minimum atomic E-state index is -0.650. The van der Waals surface area contributed by atoms with E-state index in [0.717, 1.165) is 0 Å². The van der Waals surface area contributed by atoms with Crippen LogP contribution in [0.5, 0.6) is 0 Å². The van der Waals surface area contributed by atoms with Crippen molar-refractivity contribution in [2.45, 2.75) is 6.42 Å². The van der Waals surface area contributed by atoms with Gasteiger partial charge in [-0.15, -0.1) is 0 Å². The van der Waals surface area contributed by atoms with E-state index >= 15 is 0 Å². The number of aromatic nitrogens is 5. The minimum Gasteiger partial charge on any atom is -0.382 e. The first-order chi connectivity index (χ1) is 14.9. The molecule has 31 heavy (non-hydrogen) atoms. The normalized spacial score (nSPS) is 11.1. The van der Waals surface area contributed by atoms with E-state index in [9.17, 15) is 9.18 Å². The van der Waals surface area contributed by atoms with E-state index in [4.69, 9.17) is 34.7 Å². The van der Waals surface area contributed by atoms with E-state index in [1.54, 1.807) is 18.3 Å². The Morgan fingerprint density at radius 2 is 1.94 bits per heavy atom. The fourth-order valence-corrected chi connectivity index (χ4v) is 3.46. The summed E-state index contributed by atoms with van der Waals surface area (Å²) in [6.07, 6.45) is 3.27. The van der Waals surface area contributed by atoms with Crippen LogP contribution in [0.4, 0.5) is 22.0 Å². The van der Waals surface area contributed by atoms with Gasteiger partial charge in [0.1, 0.15) is 28.0 Å². The molecule has 0 saturated carbocycles. The van der Waals surface area contributed by atoms with Gasteiger partial charge in [-0.25, -0.2) is 9.37 Å². The van der Waals surface area contributed by atoms with Gasteiger partial charge in [-0.1, -0.05) is 23.2 Å². The average Bonchev–Trinajstić information content (AvgIpc) is 2.74. The number of rotatable bonds is 5. The number of nitrogens with zero attached hydrogens (tertiary/aromatic N) is 5. The van der Waals surface area contributed by atoms with Gasteiger partial charge in [0, 0.05) is 19.2 Å². The van der Waals surface area contributed by atoms with Gasteiger partial charge in [-0.3, -0.25) is 14.3 Å². The van der Waals surface area contributed by atoms with E-state index < -0.39 is 11.4 Å². The number of benzene rings is 1. The highest BCUT2D eigenvalue weighted by Crippen LogP contribution is 2.26. The summed E-state index contributed by atoms with van der Waals surface area (Å²) in [6.45, 7) is 0.232. The lowest BCUT2D eigenvalue weighted by atomic mass is 10.2. The maximum absolute atomic E-state index is 14.4. The molecule has 0 aliphatic rings. The lowest BCUT2D eigenvalue weighted by Crippen LogP contribution is -2.26. The summed E-state index contributed by atoms with van der Waals surface area (Å²) in [4.78, 5) is 29.5. The Kier molecular flexibility index (Phi) is 5.57. The Balaban J connectivity index is 1.78. The Hall–Kier alpha value is -3.50. The molecule has 4 rings (SSSR count). The molecule has 0 unspecified atom stereocenters. The van der Waals surface area contributed by atoms with E-state index in [2.05, 4.69) is 25.3 Å². The van der Waals surface area contributed by atoms with Gasteiger partial charge in [-0.05, 0) is 24.3 Å². The number of anilines is 3. The van der Waals surface area contributed by atoms with Gasteiger partial charge in [0.05, 0.1) is 22.3 Å². The van der Waals surface area contributed by atoms with Crippen molar-refractivity contribution in [1.29, 1.82) is 0 Å². The maximum Gasteiger partial charge on any atom is 0.267 e. The van der Waals surface area contributed by atoms with Crippen molar-refractivity contribution in [1.82, 2.24) is 24.5 Å². The number of hydrogen-bond acceptors (Lipinski definition) is 8. The van der Waals surface area contributed by atoms with Crippen LogP contribution in [-0.4, -0.2) is 31.0 Å². The number of fused-ring (bicyclic) bond motifs is 1. The number of pyridine rings is 1. The number of halogens is 3. The first-order valence-electron chi connectivity index (χ1n) is 8.99. The predicted molar refractivity (Wildman–Crippen MR) is 118 cm³/mol. The van der Waals surface area contributed by atoms with Crippen LogP contribution in [0.25, 0.3) is 16.6 Å². The predicted octanol–water partition coefficient (Wildman–Crippen LogP) is 2.84. The summed E-state index contributed by atoms with van der Waals surface area (Å²) in [5, 5.41) is 3.19. The van der Waals surface area contributed by atoms with Gasteiger partial charge in [-0.2, -0.15) is 9.97 Å². The summed E-state index contributed by atoms with van der Waals surface area (Å²) in [7, 11) is 0. The molecule has 0 fully saturated rings. The molecule has 12 heteroatoms. The Morgan fingerprint density at radius 1 is 1.13 bits per heavy atom. The largest absolute Gasteiger partial charge is 0.382 e. The number of nitrogens with one attached hydrogen (secondary N) is 1. The first-order valence-corrected chi connectivity index (χ1v) is 9.75. The second kappa shape index (κ2) is 8.32. The molecule has 0 atom stereocenters. The van der Waals surface area contributed by atoms with Crippen molar-refractivity contribution < 1.29 is 4.39 Å². The molecule has 9 nitrogen and oxygen atoms in total. The maximum atomic E-state index is 14.4. The molecule has 0 bridgehead atoms. The van der Waals surface area contributed by atoms with Gasteiger partial charge in [0.25, 0.3) is 5.56 Å². The van der Waals surface area contributed by atoms with Crippen LogP contribution in [0.1, 0.15) is 5.82 Å². The zero-order valence-electron chi connectivity index (χ0n) is 15.8. The zero-order chi connectivity index (χ0) is 22.1. The number of hydrogen-bond donors (Lipinski definition) is 3. The Labute approximate surface area is 184 Å². The second-order valence-electron chi connectivity index (χ2n) is 6.44. The van der Waals surface area contributed by atoms with Crippen molar-refractivity contribution in [3.05, 3.63) is 68.7 Å². The van der Waals surface area contributed by atoms with Crippen molar-refractivity contribution >= 4 is 51.7 Å². The van der Waals surface area contributed by atoms with E-state index in [0.29, 0.717) is 5.69 Å². The Morgan fingerprint density at radius 3 is 2.68 bits per heavy atom. The smallest absolute Gasteiger partial charge is 0.267 e. The highest BCUT2D eigenvalue weighted by atomic mass is 35.5. The highest BCUT2D eigenvalue weighted by Gasteiger charge is 2.18. The first kappa shape index (κ1) is 20.8. The standard InChI is InChI=1S/C19H15Cl2FN8O/c20-10-3-4-11(22)15-13(10)18(31)30(9-2-1-6-25-8-9)12(27-15)5-7-26-17-14(21)16(23)28-19(24)29-17/h1-4,6,8H,5,7H2,(H5,23,24,26,28,29). The van der Waals surface area contributed by atoms with Crippen LogP contribution in [0, 0.1) is 5.82 Å². The van der Waals surface area contributed by atoms with E-state index in [-0.39, 0.29) is 57.3 Å². The monoisotopic (exact) mass is 460 g/mol. The Bertz CT molecular complexity index is 1350. The average molecular weight is 461 g/mol. The van der Waals surface area contributed by atoms with Gasteiger partial charge in [0.15, 0.2) is 5.82 Å². The van der Waals surface area contributed by atoms with Crippen molar-refractivity contribution in [2.24, 2.45) is 0 Å². The molecule has 0 spiro atoms. The highest BCUT2D eigenvalue weighted by molar-refractivity contribution is 6.35. The second-order valence-corrected chi connectivity index (χ2v) is 7.22. The third kappa shape index (κ3) is 3.94. The third-order valence-electron chi connectivity index (χ3n) is 4.43. The molecule has 0 radical (unpaired) electrons. The molecular weight excluding hydrogens is 446 g/mol. The lowest BCUT2D eigenvalue weighted by molar-refractivity contribution is 0.634. The van der Waals surface area contributed by atoms with Gasteiger partial charge < -0.3 is 16.8 Å². The number of nitrogens with two attached hydrogens (primary N) is 2. The van der Waals surface area contributed by atoms with E-state index in [1.807, 2.05) is 0 Å². The van der Waals surface area contributed by atoms with Crippen LogP contribution in [0.15, 0.2) is 41.5 Å². The molecule has 0 amide bonds. The molecule has 4 aromatic rings. The molecule has 1 aromatic carbocycles. The fraction of sp³-hybridized carbons (Fsp3) is 0.105. The number of nitrogen functional groups attached to an aromatic ring is 2.